The second-order valence-corrected chi connectivity index (χ2v) is 5.43. The molecule has 3 heteroatoms. The lowest BCUT2D eigenvalue weighted by Gasteiger charge is -2.32. The Balaban J connectivity index is 2.16. The summed E-state index contributed by atoms with van der Waals surface area (Å²) in [7, 11) is 0. The molecule has 1 fully saturated rings. The van der Waals surface area contributed by atoms with Gasteiger partial charge in [0.15, 0.2) is 17.9 Å². The number of hydrogen-bond donors (Lipinski definition) is 0. The molecular formula is C15H19FO2. The average Bonchev–Trinajstić information content (AvgIpc) is 2.30. The van der Waals surface area contributed by atoms with Crippen molar-refractivity contribution in [2.45, 2.75) is 39.2 Å². The van der Waals surface area contributed by atoms with Crippen molar-refractivity contribution in [3.05, 3.63) is 29.6 Å². The molecule has 18 heavy (non-hydrogen) atoms. The summed E-state index contributed by atoms with van der Waals surface area (Å²) in [4.78, 5) is 10.9. The third-order valence-electron chi connectivity index (χ3n) is 3.54. The summed E-state index contributed by atoms with van der Waals surface area (Å²) in [5, 5.41) is 0. The zero-order valence-corrected chi connectivity index (χ0v) is 10.9. The van der Waals surface area contributed by atoms with Crippen molar-refractivity contribution in [1.82, 2.24) is 0 Å². The van der Waals surface area contributed by atoms with Crippen molar-refractivity contribution in [3.8, 4) is 5.75 Å². The van der Waals surface area contributed by atoms with Gasteiger partial charge in [0.25, 0.3) is 0 Å². The minimum absolute atomic E-state index is 0.0133. The number of carbonyl (C=O) groups excluding carboxylic acids is 1. The van der Waals surface area contributed by atoms with Crippen LogP contribution < -0.4 is 4.74 Å². The van der Waals surface area contributed by atoms with Gasteiger partial charge in [0.1, 0.15) is 0 Å². The fourth-order valence-corrected chi connectivity index (χ4v) is 2.88. The van der Waals surface area contributed by atoms with Crippen LogP contribution in [0.1, 0.15) is 43.5 Å². The molecule has 0 spiro atoms. The molecule has 2 unspecified atom stereocenters. The third kappa shape index (κ3) is 2.89. The number of carbonyl (C=O) groups is 1. The number of rotatable bonds is 3. The number of para-hydroxylation sites is 1. The second-order valence-electron chi connectivity index (χ2n) is 5.43. The molecule has 1 aromatic rings. The van der Waals surface area contributed by atoms with Crippen molar-refractivity contribution in [2.75, 3.05) is 0 Å². The van der Waals surface area contributed by atoms with Gasteiger partial charge in [-0.15, -0.1) is 0 Å². The fraction of sp³-hybridized carbons (Fsp3) is 0.533. The molecule has 2 rings (SSSR count). The summed E-state index contributed by atoms with van der Waals surface area (Å²) in [5.41, 5.74) is 0.292. The fourth-order valence-electron chi connectivity index (χ4n) is 2.88. The molecule has 0 radical (unpaired) electrons. The van der Waals surface area contributed by atoms with Crippen LogP contribution in [0, 0.1) is 17.7 Å². The topological polar surface area (TPSA) is 26.3 Å². The minimum Gasteiger partial charge on any atom is -0.487 e. The lowest BCUT2D eigenvalue weighted by atomic mass is 9.82. The molecule has 0 amide bonds. The predicted molar refractivity (Wildman–Crippen MR) is 68.4 cm³/mol. The molecule has 1 aromatic carbocycles. The summed E-state index contributed by atoms with van der Waals surface area (Å²) >= 11 is 0. The molecule has 1 aliphatic rings. The van der Waals surface area contributed by atoms with Crippen LogP contribution in [0.2, 0.25) is 0 Å². The Morgan fingerprint density at radius 1 is 1.22 bits per heavy atom. The summed E-state index contributed by atoms with van der Waals surface area (Å²) in [6, 6.07) is 4.44. The van der Waals surface area contributed by atoms with Crippen molar-refractivity contribution in [2.24, 2.45) is 11.8 Å². The number of hydrogen-bond acceptors (Lipinski definition) is 2. The Morgan fingerprint density at radius 3 is 2.50 bits per heavy atom. The second kappa shape index (κ2) is 5.51. The zero-order chi connectivity index (χ0) is 13.1. The van der Waals surface area contributed by atoms with Crippen molar-refractivity contribution in [3.63, 3.8) is 0 Å². The van der Waals surface area contributed by atoms with E-state index in [0.29, 0.717) is 23.7 Å². The van der Waals surface area contributed by atoms with Crippen LogP contribution in [-0.4, -0.2) is 12.4 Å². The van der Waals surface area contributed by atoms with E-state index in [4.69, 9.17) is 4.74 Å². The highest BCUT2D eigenvalue weighted by Crippen LogP contribution is 2.32. The number of aldehydes is 1. The maximum atomic E-state index is 13.7. The quantitative estimate of drug-likeness (QED) is 0.762. The van der Waals surface area contributed by atoms with E-state index in [-0.39, 0.29) is 11.9 Å². The summed E-state index contributed by atoms with van der Waals surface area (Å²) in [5.74, 6) is 0.833. The Hall–Kier alpha value is -1.38. The van der Waals surface area contributed by atoms with Crippen LogP contribution in [0.5, 0.6) is 5.75 Å². The van der Waals surface area contributed by atoms with E-state index in [1.165, 1.54) is 18.6 Å². The maximum absolute atomic E-state index is 13.7. The molecular weight excluding hydrogens is 231 g/mol. The number of ether oxygens (including phenoxy) is 1. The minimum atomic E-state index is -0.453. The van der Waals surface area contributed by atoms with E-state index in [1.807, 2.05) is 0 Å². The predicted octanol–water partition coefficient (Wildman–Crippen LogP) is 3.84. The van der Waals surface area contributed by atoms with E-state index in [0.717, 1.165) is 12.8 Å². The Bertz CT molecular complexity index is 421. The van der Waals surface area contributed by atoms with Crippen molar-refractivity contribution < 1.29 is 13.9 Å². The average molecular weight is 250 g/mol. The number of halogens is 1. The monoisotopic (exact) mass is 250 g/mol. The lowest BCUT2D eigenvalue weighted by Crippen LogP contribution is -2.29. The van der Waals surface area contributed by atoms with Gasteiger partial charge in [-0.3, -0.25) is 4.79 Å². The van der Waals surface area contributed by atoms with Gasteiger partial charge in [-0.1, -0.05) is 19.9 Å². The van der Waals surface area contributed by atoms with Gasteiger partial charge in [-0.05, 0) is 43.2 Å². The van der Waals surface area contributed by atoms with Gasteiger partial charge in [0, 0.05) is 0 Å². The molecule has 0 saturated heterocycles. The van der Waals surface area contributed by atoms with E-state index < -0.39 is 5.82 Å². The smallest absolute Gasteiger partial charge is 0.165 e. The van der Waals surface area contributed by atoms with E-state index in [9.17, 15) is 9.18 Å². The van der Waals surface area contributed by atoms with Crippen LogP contribution in [0.25, 0.3) is 0 Å². The highest BCUT2D eigenvalue weighted by molar-refractivity contribution is 5.79. The molecule has 0 heterocycles. The Kier molecular flexibility index (Phi) is 4.00. The molecule has 0 aromatic heterocycles. The van der Waals surface area contributed by atoms with Crippen molar-refractivity contribution >= 4 is 6.29 Å². The normalized spacial score (nSPS) is 27.8. The maximum Gasteiger partial charge on any atom is 0.165 e. The summed E-state index contributed by atoms with van der Waals surface area (Å²) < 4.78 is 19.4. The summed E-state index contributed by atoms with van der Waals surface area (Å²) in [6.07, 6.45) is 3.71. The standard InChI is InChI=1S/C15H19FO2/c1-10-6-11(2)8-13(7-10)18-15-12(9-17)4-3-5-14(15)16/h3-5,9-11,13H,6-8H2,1-2H3. The molecule has 0 N–H and O–H groups in total. The molecule has 1 aliphatic carbocycles. The van der Waals surface area contributed by atoms with Crippen LogP contribution in [0.15, 0.2) is 18.2 Å². The van der Waals surface area contributed by atoms with Gasteiger partial charge in [-0.2, -0.15) is 0 Å². The molecule has 0 aliphatic heterocycles. The van der Waals surface area contributed by atoms with Gasteiger partial charge in [0.05, 0.1) is 11.7 Å². The van der Waals surface area contributed by atoms with E-state index >= 15 is 0 Å². The first-order valence-corrected chi connectivity index (χ1v) is 6.50. The molecule has 1 saturated carbocycles. The third-order valence-corrected chi connectivity index (χ3v) is 3.54. The molecule has 2 atom stereocenters. The van der Waals surface area contributed by atoms with Crippen LogP contribution in [0.4, 0.5) is 4.39 Å². The van der Waals surface area contributed by atoms with Crippen LogP contribution in [0.3, 0.4) is 0 Å². The van der Waals surface area contributed by atoms with Gasteiger partial charge in [-0.25, -0.2) is 4.39 Å². The first-order chi connectivity index (χ1) is 8.60. The SMILES string of the molecule is CC1CC(C)CC(Oc2c(F)cccc2C=O)C1. The largest absolute Gasteiger partial charge is 0.487 e. The molecule has 0 bridgehead atoms. The highest BCUT2D eigenvalue weighted by Gasteiger charge is 2.26. The first-order valence-electron chi connectivity index (χ1n) is 6.50. The van der Waals surface area contributed by atoms with Crippen LogP contribution in [-0.2, 0) is 0 Å². The van der Waals surface area contributed by atoms with E-state index in [2.05, 4.69) is 13.8 Å². The molecule has 2 nitrogen and oxygen atoms in total. The van der Waals surface area contributed by atoms with Gasteiger partial charge in [0.2, 0.25) is 0 Å². The van der Waals surface area contributed by atoms with Crippen molar-refractivity contribution in [1.29, 1.82) is 0 Å². The lowest BCUT2D eigenvalue weighted by molar-refractivity contribution is 0.0944. The molecule has 98 valence electrons. The highest BCUT2D eigenvalue weighted by atomic mass is 19.1. The number of benzene rings is 1. The first kappa shape index (κ1) is 13.1. The Labute approximate surface area is 107 Å². The van der Waals surface area contributed by atoms with Gasteiger partial charge < -0.3 is 4.74 Å². The summed E-state index contributed by atoms with van der Waals surface area (Å²) in [6.45, 7) is 4.38. The zero-order valence-electron chi connectivity index (χ0n) is 10.9. The van der Waals surface area contributed by atoms with Crippen LogP contribution >= 0.6 is 0 Å². The van der Waals surface area contributed by atoms with Gasteiger partial charge >= 0.3 is 0 Å². The van der Waals surface area contributed by atoms with E-state index in [1.54, 1.807) is 6.07 Å². The Morgan fingerprint density at radius 2 is 1.89 bits per heavy atom.